The number of hydrogen-bond donors (Lipinski definition) is 2. The quantitative estimate of drug-likeness (QED) is 0.589. The first-order valence-electron chi connectivity index (χ1n) is 8.14. The summed E-state index contributed by atoms with van der Waals surface area (Å²) in [5, 5.41) is 6.07. The van der Waals surface area contributed by atoms with E-state index in [0.717, 1.165) is 17.7 Å². The number of halogens is 2. The number of aromatic nitrogens is 1. The molecule has 1 aromatic heterocycles. The number of carbonyl (C=O) groups excluding carboxylic acids is 1. The van der Waals surface area contributed by atoms with E-state index >= 15 is 0 Å². The lowest BCUT2D eigenvalue weighted by Crippen LogP contribution is -2.12. The Morgan fingerprint density at radius 1 is 1.12 bits per heavy atom. The molecule has 2 N–H and O–H groups in total. The van der Waals surface area contributed by atoms with Gasteiger partial charge < -0.3 is 10.6 Å². The van der Waals surface area contributed by atoms with Crippen LogP contribution in [-0.2, 0) is 6.42 Å². The van der Waals surface area contributed by atoms with Crippen molar-refractivity contribution in [1.29, 1.82) is 0 Å². The fourth-order valence-electron chi connectivity index (χ4n) is 2.51. The van der Waals surface area contributed by atoms with Crippen LogP contribution in [0.4, 0.5) is 21.5 Å². The smallest absolute Gasteiger partial charge is 0.255 e. The second-order valence-electron chi connectivity index (χ2n) is 5.65. The molecule has 0 saturated heterocycles. The van der Waals surface area contributed by atoms with E-state index in [1.54, 1.807) is 24.3 Å². The third-order valence-electron chi connectivity index (χ3n) is 3.88. The third kappa shape index (κ3) is 4.18. The third-order valence-corrected chi connectivity index (χ3v) is 4.11. The molecule has 4 nitrogen and oxygen atoms in total. The number of hydrogen-bond acceptors (Lipinski definition) is 3. The van der Waals surface area contributed by atoms with Gasteiger partial charge in [0.25, 0.3) is 5.91 Å². The van der Waals surface area contributed by atoms with Crippen molar-refractivity contribution in [3.63, 3.8) is 0 Å². The average molecular weight is 370 g/mol. The van der Waals surface area contributed by atoms with Gasteiger partial charge in [0.05, 0.1) is 17.6 Å². The van der Waals surface area contributed by atoms with Crippen molar-refractivity contribution in [2.45, 2.75) is 13.3 Å². The van der Waals surface area contributed by atoms with Crippen molar-refractivity contribution in [2.24, 2.45) is 0 Å². The standard InChI is InChI=1S/C20H17ClFN3O/c1-2-13-5-3-4-6-17(13)25-18-9-7-14(11-16(18)22)20(26)24-15-8-10-19(21)23-12-15/h3-12,25H,2H2,1H3,(H,24,26). The summed E-state index contributed by atoms with van der Waals surface area (Å²) in [6, 6.07) is 15.2. The highest BCUT2D eigenvalue weighted by molar-refractivity contribution is 6.29. The van der Waals surface area contributed by atoms with E-state index < -0.39 is 11.7 Å². The Hall–Kier alpha value is -2.92. The Morgan fingerprint density at radius 2 is 1.92 bits per heavy atom. The molecule has 132 valence electrons. The molecule has 0 aliphatic heterocycles. The summed E-state index contributed by atoms with van der Waals surface area (Å²) in [7, 11) is 0. The minimum absolute atomic E-state index is 0.215. The molecule has 0 aliphatic rings. The van der Waals surface area contributed by atoms with Crippen LogP contribution in [0.3, 0.4) is 0 Å². The maximum absolute atomic E-state index is 14.5. The lowest BCUT2D eigenvalue weighted by molar-refractivity contribution is 0.102. The molecular weight excluding hydrogens is 353 g/mol. The van der Waals surface area contributed by atoms with Crippen LogP contribution in [0.1, 0.15) is 22.8 Å². The fourth-order valence-corrected chi connectivity index (χ4v) is 2.62. The lowest BCUT2D eigenvalue weighted by atomic mass is 10.1. The summed E-state index contributed by atoms with van der Waals surface area (Å²) in [5.41, 5.74) is 2.95. The molecule has 1 amide bonds. The first kappa shape index (κ1) is 17.9. The maximum atomic E-state index is 14.5. The van der Waals surface area contributed by atoms with E-state index in [4.69, 9.17) is 11.6 Å². The van der Waals surface area contributed by atoms with Gasteiger partial charge in [0.15, 0.2) is 0 Å². The van der Waals surface area contributed by atoms with Gasteiger partial charge in [-0.3, -0.25) is 4.79 Å². The summed E-state index contributed by atoms with van der Waals surface area (Å²) < 4.78 is 14.5. The highest BCUT2D eigenvalue weighted by atomic mass is 35.5. The molecule has 0 fully saturated rings. The summed E-state index contributed by atoms with van der Waals surface area (Å²) in [4.78, 5) is 16.1. The van der Waals surface area contributed by atoms with Crippen LogP contribution in [0.5, 0.6) is 0 Å². The van der Waals surface area contributed by atoms with Crippen LogP contribution in [-0.4, -0.2) is 10.9 Å². The molecule has 1 heterocycles. The molecule has 2 aromatic carbocycles. The van der Waals surface area contributed by atoms with Gasteiger partial charge in [-0.1, -0.05) is 36.7 Å². The first-order valence-corrected chi connectivity index (χ1v) is 8.52. The molecule has 6 heteroatoms. The Morgan fingerprint density at radius 3 is 2.62 bits per heavy atom. The zero-order valence-electron chi connectivity index (χ0n) is 14.1. The molecule has 0 bridgehead atoms. The zero-order chi connectivity index (χ0) is 18.5. The summed E-state index contributed by atoms with van der Waals surface area (Å²) in [5.74, 6) is -0.925. The van der Waals surface area contributed by atoms with Crippen molar-refractivity contribution in [1.82, 2.24) is 4.98 Å². The average Bonchev–Trinajstić information content (AvgIpc) is 2.65. The van der Waals surface area contributed by atoms with Gasteiger partial charge in [-0.25, -0.2) is 9.37 Å². The van der Waals surface area contributed by atoms with Gasteiger partial charge in [0, 0.05) is 11.3 Å². The van der Waals surface area contributed by atoms with Gasteiger partial charge >= 0.3 is 0 Å². The van der Waals surface area contributed by atoms with Crippen molar-refractivity contribution >= 4 is 34.6 Å². The summed E-state index contributed by atoms with van der Waals surface area (Å²) in [6.07, 6.45) is 2.27. The van der Waals surface area contributed by atoms with Crippen LogP contribution < -0.4 is 10.6 Å². The number of pyridine rings is 1. The molecule has 0 aliphatic carbocycles. The van der Waals surface area contributed by atoms with E-state index in [9.17, 15) is 9.18 Å². The Kier molecular flexibility index (Phi) is 5.49. The Balaban J connectivity index is 1.76. The van der Waals surface area contributed by atoms with Crippen molar-refractivity contribution in [3.8, 4) is 0 Å². The molecule has 0 atom stereocenters. The first-order chi connectivity index (χ1) is 12.6. The van der Waals surface area contributed by atoms with Gasteiger partial charge in [-0.05, 0) is 48.4 Å². The molecule has 26 heavy (non-hydrogen) atoms. The SMILES string of the molecule is CCc1ccccc1Nc1ccc(C(=O)Nc2ccc(Cl)nc2)cc1F. The fraction of sp³-hybridized carbons (Fsp3) is 0.100. The van der Waals surface area contributed by atoms with Crippen molar-refractivity contribution < 1.29 is 9.18 Å². The van der Waals surface area contributed by atoms with E-state index in [1.807, 2.05) is 31.2 Å². The van der Waals surface area contributed by atoms with Crippen molar-refractivity contribution in [3.05, 3.63) is 82.9 Å². The summed E-state index contributed by atoms with van der Waals surface area (Å²) in [6.45, 7) is 2.04. The molecule has 0 radical (unpaired) electrons. The normalized spacial score (nSPS) is 10.4. The van der Waals surface area contributed by atoms with E-state index in [2.05, 4.69) is 15.6 Å². The van der Waals surface area contributed by atoms with Gasteiger partial charge in [0.1, 0.15) is 11.0 Å². The van der Waals surface area contributed by atoms with Crippen LogP contribution in [0.15, 0.2) is 60.8 Å². The molecular formula is C20H17ClFN3O. The maximum Gasteiger partial charge on any atom is 0.255 e. The number of aryl methyl sites for hydroxylation is 1. The van der Waals surface area contributed by atoms with Gasteiger partial charge in [0.2, 0.25) is 0 Å². The number of para-hydroxylation sites is 1. The Labute approximate surface area is 156 Å². The highest BCUT2D eigenvalue weighted by Gasteiger charge is 2.11. The second kappa shape index (κ2) is 7.97. The van der Waals surface area contributed by atoms with Gasteiger partial charge in [-0.15, -0.1) is 0 Å². The van der Waals surface area contributed by atoms with Crippen LogP contribution in [0.25, 0.3) is 0 Å². The molecule has 0 spiro atoms. The van der Waals surface area contributed by atoms with Crippen molar-refractivity contribution in [2.75, 3.05) is 10.6 Å². The van der Waals surface area contributed by atoms with E-state index in [-0.39, 0.29) is 5.56 Å². The topological polar surface area (TPSA) is 54.0 Å². The van der Waals surface area contributed by atoms with Gasteiger partial charge in [-0.2, -0.15) is 0 Å². The highest BCUT2D eigenvalue weighted by Crippen LogP contribution is 2.24. The lowest BCUT2D eigenvalue weighted by Gasteiger charge is -2.12. The number of amides is 1. The minimum Gasteiger partial charge on any atom is -0.353 e. The number of anilines is 3. The minimum atomic E-state index is -0.502. The monoisotopic (exact) mass is 369 g/mol. The predicted octanol–water partition coefficient (Wildman–Crippen LogP) is 5.43. The predicted molar refractivity (Wildman–Crippen MR) is 103 cm³/mol. The molecule has 3 rings (SSSR count). The zero-order valence-corrected chi connectivity index (χ0v) is 14.8. The number of carbonyl (C=O) groups is 1. The van der Waals surface area contributed by atoms with E-state index in [1.165, 1.54) is 12.3 Å². The summed E-state index contributed by atoms with van der Waals surface area (Å²) >= 11 is 5.71. The molecule has 3 aromatic rings. The molecule has 0 saturated carbocycles. The Bertz CT molecular complexity index is 929. The van der Waals surface area contributed by atoms with Crippen LogP contribution >= 0.6 is 11.6 Å². The largest absolute Gasteiger partial charge is 0.353 e. The van der Waals surface area contributed by atoms with Crippen LogP contribution in [0.2, 0.25) is 5.15 Å². The number of benzene rings is 2. The number of nitrogens with one attached hydrogen (secondary N) is 2. The van der Waals surface area contributed by atoms with Crippen LogP contribution in [0, 0.1) is 5.82 Å². The molecule has 0 unspecified atom stereocenters. The second-order valence-corrected chi connectivity index (χ2v) is 6.04. The number of rotatable bonds is 5. The van der Waals surface area contributed by atoms with E-state index in [0.29, 0.717) is 16.5 Å². The number of nitrogens with zero attached hydrogens (tertiary/aromatic N) is 1.